The lowest BCUT2D eigenvalue weighted by Gasteiger charge is -2.06. The van der Waals surface area contributed by atoms with E-state index < -0.39 is 0 Å². The molecule has 0 heterocycles. The summed E-state index contributed by atoms with van der Waals surface area (Å²) in [5, 5.41) is 13.9. The zero-order valence-electron chi connectivity index (χ0n) is 11.5. The first-order valence-electron chi connectivity index (χ1n) is 7.26. The first kappa shape index (κ1) is 17.8. The molecule has 2 atom stereocenters. The first-order valence-corrected chi connectivity index (χ1v) is 7.26. The summed E-state index contributed by atoms with van der Waals surface area (Å²) in [7, 11) is 0. The summed E-state index contributed by atoms with van der Waals surface area (Å²) in [6, 6.07) is 1.46. The van der Waals surface area contributed by atoms with Gasteiger partial charge in [-0.2, -0.15) is 0 Å². The minimum Gasteiger partial charge on any atom is -0.317 e. The predicted octanol–water partition coefficient (Wildman–Crippen LogP) is 0.942. The van der Waals surface area contributed by atoms with Crippen LogP contribution in [0.2, 0.25) is 0 Å². The van der Waals surface area contributed by atoms with Gasteiger partial charge in [-0.05, 0) is 58.5 Å². The van der Waals surface area contributed by atoms with E-state index in [1.165, 1.54) is 19.3 Å². The summed E-state index contributed by atoms with van der Waals surface area (Å²) in [6.07, 6.45) is 3.78. The molecule has 0 aliphatic heterocycles. The molecule has 1 saturated carbocycles. The van der Waals surface area contributed by atoms with Crippen LogP contribution in [0.4, 0.5) is 0 Å². The van der Waals surface area contributed by atoms with Crippen molar-refractivity contribution in [2.24, 2.45) is 0 Å². The number of hydrogen-bond donors (Lipinski definition) is 4. The standard InChI is InChI=1S/C13H30N4.CH4/c1-3-14-7-5-9-16-12-11-13(12)17-10-6-8-15-4-2;/h12-17H,3-11H2,1-2H3;1H4. The van der Waals surface area contributed by atoms with Gasteiger partial charge >= 0.3 is 0 Å². The van der Waals surface area contributed by atoms with Gasteiger partial charge in [0.25, 0.3) is 0 Å². The second kappa shape index (κ2) is 11.9. The Morgan fingerprint density at radius 1 is 0.778 bits per heavy atom. The third kappa shape index (κ3) is 8.86. The maximum atomic E-state index is 3.60. The quantitative estimate of drug-likeness (QED) is 0.394. The van der Waals surface area contributed by atoms with Crippen molar-refractivity contribution in [3.63, 3.8) is 0 Å². The van der Waals surface area contributed by atoms with E-state index in [4.69, 9.17) is 0 Å². The van der Waals surface area contributed by atoms with Gasteiger partial charge in [-0.1, -0.05) is 21.3 Å². The van der Waals surface area contributed by atoms with Crippen LogP contribution in [0.5, 0.6) is 0 Å². The SMILES string of the molecule is C.CCNCCCNC1CC1NCCCNCC. The number of hydrogen-bond acceptors (Lipinski definition) is 4. The summed E-state index contributed by atoms with van der Waals surface area (Å²) in [4.78, 5) is 0. The molecule has 18 heavy (non-hydrogen) atoms. The molecule has 0 amide bonds. The molecule has 110 valence electrons. The summed E-state index contributed by atoms with van der Waals surface area (Å²) in [5.41, 5.74) is 0. The monoisotopic (exact) mass is 258 g/mol. The molecule has 1 aliphatic rings. The van der Waals surface area contributed by atoms with Gasteiger partial charge < -0.3 is 21.3 Å². The van der Waals surface area contributed by atoms with Crippen molar-refractivity contribution in [1.29, 1.82) is 0 Å². The van der Waals surface area contributed by atoms with Crippen LogP contribution in [-0.2, 0) is 0 Å². The zero-order valence-corrected chi connectivity index (χ0v) is 11.5. The van der Waals surface area contributed by atoms with Crippen molar-refractivity contribution in [2.45, 2.75) is 52.6 Å². The minimum absolute atomic E-state index is 0. The predicted molar refractivity (Wildman–Crippen MR) is 81.3 cm³/mol. The fourth-order valence-corrected chi connectivity index (χ4v) is 2.00. The van der Waals surface area contributed by atoms with Gasteiger partial charge in [0.05, 0.1) is 0 Å². The second-order valence-electron chi connectivity index (χ2n) is 4.77. The molecule has 1 aliphatic carbocycles. The van der Waals surface area contributed by atoms with Gasteiger partial charge in [-0.3, -0.25) is 0 Å². The van der Waals surface area contributed by atoms with Gasteiger partial charge in [0.15, 0.2) is 0 Å². The van der Waals surface area contributed by atoms with Crippen LogP contribution in [0.1, 0.15) is 40.5 Å². The van der Waals surface area contributed by atoms with Crippen molar-refractivity contribution < 1.29 is 0 Å². The average Bonchev–Trinajstić information content (AvgIpc) is 3.07. The summed E-state index contributed by atoms with van der Waals surface area (Å²) >= 11 is 0. The van der Waals surface area contributed by atoms with Crippen molar-refractivity contribution in [3.8, 4) is 0 Å². The summed E-state index contributed by atoms with van der Waals surface area (Å²) < 4.78 is 0. The Morgan fingerprint density at radius 2 is 1.22 bits per heavy atom. The first-order chi connectivity index (χ1) is 8.38. The van der Waals surface area contributed by atoms with E-state index in [9.17, 15) is 0 Å². The van der Waals surface area contributed by atoms with E-state index in [0.717, 1.165) is 51.4 Å². The lowest BCUT2D eigenvalue weighted by atomic mass is 10.4. The van der Waals surface area contributed by atoms with E-state index in [-0.39, 0.29) is 7.43 Å². The third-order valence-corrected chi connectivity index (χ3v) is 3.16. The van der Waals surface area contributed by atoms with Crippen LogP contribution in [0.15, 0.2) is 0 Å². The highest BCUT2D eigenvalue weighted by atomic mass is 15.1. The smallest absolute Gasteiger partial charge is 0.0237 e. The highest BCUT2D eigenvalue weighted by molar-refractivity contribution is 4.99. The van der Waals surface area contributed by atoms with Crippen molar-refractivity contribution >= 4 is 0 Å². The number of nitrogens with one attached hydrogen (secondary N) is 4. The van der Waals surface area contributed by atoms with Crippen molar-refractivity contribution in [2.75, 3.05) is 39.3 Å². The molecule has 0 bridgehead atoms. The molecule has 1 rings (SSSR count). The van der Waals surface area contributed by atoms with E-state index >= 15 is 0 Å². The topological polar surface area (TPSA) is 48.1 Å². The molecule has 0 aromatic rings. The Morgan fingerprint density at radius 3 is 1.61 bits per heavy atom. The highest BCUT2D eigenvalue weighted by Crippen LogP contribution is 2.20. The fourth-order valence-electron chi connectivity index (χ4n) is 2.00. The molecular weight excluding hydrogens is 224 g/mol. The Hall–Kier alpha value is -0.160. The molecule has 4 heteroatoms. The molecule has 0 aromatic heterocycles. The Kier molecular flexibility index (Phi) is 11.8. The maximum absolute atomic E-state index is 3.60. The van der Waals surface area contributed by atoms with E-state index in [2.05, 4.69) is 35.1 Å². The van der Waals surface area contributed by atoms with Gasteiger partial charge in [-0.15, -0.1) is 0 Å². The largest absolute Gasteiger partial charge is 0.317 e. The van der Waals surface area contributed by atoms with E-state index in [1.807, 2.05) is 0 Å². The average molecular weight is 258 g/mol. The Bertz CT molecular complexity index is 157. The van der Waals surface area contributed by atoms with Crippen LogP contribution in [-0.4, -0.2) is 51.4 Å². The molecule has 0 radical (unpaired) electrons. The molecule has 0 aromatic carbocycles. The van der Waals surface area contributed by atoms with Crippen molar-refractivity contribution in [3.05, 3.63) is 0 Å². The van der Waals surface area contributed by atoms with Gasteiger partial charge in [0.1, 0.15) is 0 Å². The molecule has 0 spiro atoms. The van der Waals surface area contributed by atoms with Crippen LogP contribution in [0.3, 0.4) is 0 Å². The van der Waals surface area contributed by atoms with Crippen LogP contribution in [0, 0.1) is 0 Å². The van der Waals surface area contributed by atoms with Crippen LogP contribution >= 0.6 is 0 Å². The van der Waals surface area contributed by atoms with Gasteiger partial charge in [0.2, 0.25) is 0 Å². The van der Waals surface area contributed by atoms with E-state index in [0.29, 0.717) is 0 Å². The van der Waals surface area contributed by atoms with Gasteiger partial charge in [0, 0.05) is 12.1 Å². The maximum Gasteiger partial charge on any atom is 0.0237 e. The molecule has 4 nitrogen and oxygen atoms in total. The lowest BCUT2D eigenvalue weighted by Crippen LogP contribution is -2.30. The fraction of sp³-hybridized carbons (Fsp3) is 1.00. The third-order valence-electron chi connectivity index (χ3n) is 3.16. The lowest BCUT2D eigenvalue weighted by molar-refractivity contribution is 0.558. The Labute approximate surface area is 114 Å². The summed E-state index contributed by atoms with van der Waals surface area (Å²) in [6.45, 7) is 11.0. The van der Waals surface area contributed by atoms with Crippen LogP contribution < -0.4 is 21.3 Å². The zero-order chi connectivity index (χ0) is 12.3. The second-order valence-corrected chi connectivity index (χ2v) is 4.77. The minimum atomic E-state index is 0. The molecule has 1 fully saturated rings. The Balaban J connectivity index is 0.00000289. The normalized spacial score (nSPS) is 21.7. The van der Waals surface area contributed by atoms with Crippen molar-refractivity contribution in [1.82, 2.24) is 21.3 Å². The number of rotatable bonds is 12. The van der Waals surface area contributed by atoms with Gasteiger partial charge in [-0.25, -0.2) is 0 Å². The van der Waals surface area contributed by atoms with E-state index in [1.54, 1.807) is 0 Å². The molecule has 2 unspecified atom stereocenters. The molecule has 0 saturated heterocycles. The summed E-state index contributed by atoms with van der Waals surface area (Å²) in [5.74, 6) is 0. The molecule has 4 N–H and O–H groups in total. The highest BCUT2D eigenvalue weighted by Gasteiger charge is 2.35. The molecular formula is C14H34N4. The van der Waals surface area contributed by atoms with Crippen LogP contribution in [0.25, 0.3) is 0 Å².